The van der Waals surface area contributed by atoms with Crippen LogP contribution in [0.3, 0.4) is 0 Å². The van der Waals surface area contributed by atoms with Crippen LogP contribution in [0.5, 0.6) is 0 Å². The third-order valence-corrected chi connectivity index (χ3v) is 3.47. The van der Waals surface area contributed by atoms with Gasteiger partial charge in [0.1, 0.15) is 6.54 Å². The second kappa shape index (κ2) is 8.27. The van der Waals surface area contributed by atoms with E-state index in [2.05, 4.69) is 43.7 Å². The summed E-state index contributed by atoms with van der Waals surface area (Å²) in [6.07, 6.45) is 11.7. The molecule has 0 unspecified atom stereocenters. The first-order valence-corrected chi connectivity index (χ1v) is 7.27. The summed E-state index contributed by atoms with van der Waals surface area (Å²) in [7, 11) is 0. The molecule has 1 heterocycles. The first-order valence-electron chi connectivity index (χ1n) is 7.27. The predicted octanol–water partition coefficient (Wildman–Crippen LogP) is 4.21. The molecular formula is C16H28N+. The van der Waals surface area contributed by atoms with Crippen LogP contribution < -0.4 is 4.57 Å². The maximum Gasteiger partial charge on any atom is 0.178 e. The normalized spacial score (nSPS) is 10.8. The number of hydrogen-bond acceptors (Lipinski definition) is 0. The van der Waals surface area contributed by atoms with Gasteiger partial charge >= 0.3 is 0 Å². The van der Waals surface area contributed by atoms with E-state index in [9.17, 15) is 0 Å². The lowest BCUT2D eigenvalue weighted by atomic mass is 10.1. The lowest BCUT2D eigenvalue weighted by Crippen LogP contribution is -2.37. The van der Waals surface area contributed by atoms with Gasteiger partial charge in [-0.05, 0) is 18.9 Å². The molecule has 0 bridgehead atoms. The fourth-order valence-electron chi connectivity index (χ4n) is 2.18. The van der Waals surface area contributed by atoms with Crippen molar-refractivity contribution in [1.29, 1.82) is 0 Å². The zero-order chi connectivity index (χ0) is 12.5. The molecule has 96 valence electrons. The van der Waals surface area contributed by atoms with Crippen molar-refractivity contribution in [2.24, 2.45) is 0 Å². The highest BCUT2D eigenvalue weighted by Gasteiger charge is 2.06. The van der Waals surface area contributed by atoms with Crippen LogP contribution in [-0.2, 0) is 13.0 Å². The highest BCUT2D eigenvalue weighted by atomic mass is 14.9. The standard InChI is InChI=1S/C16H28N/c1-4-6-7-8-9-10-13-17-14-16(5-2)12-11-15(17)3/h11-12,14H,4-10,13H2,1-3H3/q+1. The number of nitrogens with zero attached hydrogens (tertiary/aromatic N) is 1. The Morgan fingerprint density at radius 1 is 0.941 bits per heavy atom. The molecule has 17 heavy (non-hydrogen) atoms. The van der Waals surface area contributed by atoms with Crippen LogP contribution in [0.25, 0.3) is 0 Å². The smallest absolute Gasteiger partial charge is 0.178 e. The Bertz CT molecular complexity index is 317. The van der Waals surface area contributed by atoms with E-state index < -0.39 is 0 Å². The van der Waals surface area contributed by atoms with Crippen LogP contribution in [0, 0.1) is 6.92 Å². The van der Waals surface area contributed by atoms with E-state index in [0.717, 1.165) is 6.42 Å². The summed E-state index contributed by atoms with van der Waals surface area (Å²) >= 11 is 0. The number of pyridine rings is 1. The summed E-state index contributed by atoms with van der Waals surface area (Å²) in [6, 6.07) is 4.49. The van der Waals surface area contributed by atoms with Gasteiger partial charge < -0.3 is 0 Å². The van der Waals surface area contributed by atoms with Gasteiger partial charge in [-0.2, -0.15) is 0 Å². The molecule has 1 heteroatoms. The molecule has 0 aliphatic rings. The molecule has 0 saturated carbocycles. The number of unbranched alkanes of at least 4 members (excludes halogenated alkanes) is 5. The monoisotopic (exact) mass is 234 g/mol. The second-order valence-electron chi connectivity index (χ2n) is 4.99. The molecule has 0 aromatic carbocycles. The lowest BCUT2D eigenvalue weighted by Gasteiger charge is -2.03. The Labute approximate surface area is 107 Å². The van der Waals surface area contributed by atoms with Gasteiger partial charge in [0, 0.05) is 25.0 Å². The minimum atomic E-state index is 1.14. The molecule has 0 amide bonds. The Hall–Kier alpha value is -0.850. The zero-order valence-corrected chi connectivity index (χ0v) is 11.8. The molecule has 0 spiro atoms. The van der Waals surface area contributed by atoms with Crippen molar-refractivity contribution in [1.82, 2.24) is 0 Å². The van der Waals surface area contributed by atoms with Crippen molar-refractivity contribution < 1.29 is 4.57 Å². The number of rotatable bonds is 8. The molecule has 0 atom stereocenters. The summed E-state index contributed by atoms with van der Waals surface area (Å²) < 4.78 is 2.42. The average Bonchev–Trinajstić information content (AvgIpc) is 2.35. The molecule has 1 nitrogen and oxygen atoms in total. The van der Waals surface area contributed by atoms with Crippen LogP contribution in [0.2, 0.25) is 0 Å². The van der Waals surface area contributed by atoms with Crippen molar-refractivity contribution >= 4 is 0 Å². The lowest BCUT2D eigenvalue weighted by molar-refractivity contribution is -0.703. The van der Waals surface area contributed by atoms with Crippen molar-refractivity contribution in [3.63, 3.8) is 0 Å². The SMILES string of the molecule is CCCCCCCC[n+]1cc(CC)ccc1C. The summed E-state index contributed by atoms with van der Waals surface area (Å²) in [4.78, 5) is 0. The Morgan fingerprint density at radius 3 is 2.35 bits per heavy atom. The molecule has 1 aromatic heterocycles. The topological polar surface area (TPSA) is 3.88 Å². The van der Waals surface area contributed by atoms with Gasteiger partial charge in [-0.3, -0.25) is 0 Å². The van der Waals surface area contributed by atoms with Crippen molar-refractivity contribution in [2.75, 3.05) is 0 Å². The predicted molar refractivity (Wildman–Crippen MR) is 74.1 cm³/mol. The van der Waals surface area contributed by atoms with Crippen LogP contribution in [0.4, 0.5) is 0 Å². The number of aryl methyl sites for hydroxylation is 3. The van der Waals surface area contributed by atoms with Gasteiger partial charge in [-0.1, -0.05) is 39.5 Å². The summed E-state index contributed by atoms with van der Waals surface area (Å²) in [5.41, 5.74) is 2.83. The average molecular weight is 234 g/mol. The van der Waals surface area contributed by atoms with Crippen molar-refractivity contribution in [2.45, 2.75) is 72.3 Å². The van der Waals surface area contributed by atoms with E-state index in [1.807, 2.05) is 0 Å². The summed E-state index contributed by atoms with van der Waals surface area (Å²) in [5.74, 6) is 0. The Kier molecular flexibility index (Phi) is 6.91. The first-order chi connectivity index (χ1) is 8.27. The van der Waals surface area contributed by atoms with E-state index in [-0.39, 0.29) is 0 Å². The quantitative estimate of drug-likeness (QED) is 0.469. The summed E-state index contributed by atoms with van der Waals surface area (Å²) in [5, 5.41) is 0. The molecule has 1 rings (SSSR count). The highest BCUT2D eigenvalue weighted by molar-refractivity contribution is 5.08. The van der Waals surface area contributed by atoms with E-state index >= 15 is 0 Å². The van der Waals surface area contributed by atoms with E-state index in [0.29, 0.717) is 0 Å². The fraction of sp³-hybridized carbons (Fsp3) is 0.688. The van der Waals surface area contributed by atoms with E-state index in [1.54, 1.807) is 0 Å². The van der Waals surface area contributed by atoms with Crippen molar-refractivity contribution in [3.8, 4) is 0 Å². The van der Waals surface area contributed by atoms with Gasteiger partial charge in [-0.15, -0.1) is 0 Å². The van der Waals surface area contributed by atoms with Crippen LogP contribution >= 0.6 is 0 Å². The van der Waals surface area contributed by atoms with Crippen LogP contribution in [0.1, 0.15) is 63.6 Å². The largest absolute Gasteiger partial charge is 0.202 e. The van der Waals surface area contributed by atoms with Gasteiger partial charge in [0.05, 0.1) is 0 Å². The van der Waals surface area contributed by atoms with Gasteiger partial charge in [0.15, 0.2) is 11.9 Å². The molecule has 0 N–H and O–H groups in total. The zero-order valence-electron chi connectivity index (χ0n) is 11.8. The number of hydrogen-bond donors (Lipinski definition) is 0. The fourth-order valence-corrected chi connectivity index (χ4v) is 2.18. The molecule has 0 radical (unpaired) electrons. The van der Waals surface area contributed by atoms with Gasteiger partial charge in [-0.25, -0.2) is 4.57 Å². The highest BCUT2D eigenvalue weighted by Crippen LogP contribution is 2.05. The minimum Gasteiger partial charge on any atom is -0.202 e. The molecular weight excluding hydrogens is 206 g/mol. The Morgan fingerprint density at radius 2 is 1.65 bits per heavy atom. The van der Waals surface area contributed by atoms with Crippen LogP contribution in [-0.4, -0.2) is 0 Å². The Balaban J connectivity index is 2.30. The van der Waals surface area contributed by atoms with Crippen LogP contribution in [0.15, 0.2) is 18.3 Å². The van der Waals surface area contributed by atoms with Gasteiger partial charge in [0.25, 0.3) is 0 Å². The molecule has 0 aliphatic carbocycles. The molecule has 0 saturated heterocycles. The van der Waals surface area contributed by atoms with Crippen molar-refractivity contribution in [3.05, 3.63) is 29.6 Å². The second-order valence-corrected chi connectivity index (χ2v) is 4.99. The number of aromatic nitrogens is 1. The summed E-state index contributed by atoms with van der Waals surface area (Å²) in [6.45, 7) is 7.89. The maximum absolute atomic E-state index is 2.42. The minimum absolute atomic E-state index is 1.14. The third-order valence-electron chi connectivity index (χ3n) is 3.47. The maximum atomic E-state index is 2.42. The third kappa shape index (κ3) is 5.34. The molecule has 0 fully saturated rings. The first kappa shape index (κ1) is 14.2. The van der Waals surface area contributed by atoms with E-state index in [1.165, 1.54) is 56.3 Å². The molecule has 0 aliphatic heterocycles. The molecule has 1 aromatic rings. The van der Waals surface area contributed by atoms with E-state index in [4.69, 9.17) is 0 Å². The van der Waals surface area contributed by atoms with Gasteiger partial charge in [0.2, 0.25) is 0 Å².